The summed E-state index contributed by atoms with van der Waals surface area (Å²) in [7, 11) is 0. The van der Waals surface area contributed by atoms with Gasteiger partial charge in [-0.15, -0.1) is 0 Å². The van der Waals surface area contributed by atoms with Crippen LogP contribution in [-0.4, -0.2) is 36.8 Å². The van der Waals surface area contributed by atoms with Gasteiger partial charge in [-0.3, -0.25) is 0 Å². The number of ether oxygens (including phenoxy) is 1. The van der Waals surface area contributed by atoms with Crippen LogP contribution in [0.4, 0.5) is 5.82 Å². The molecule has 2 atom stereocenters. The Kier molecular flexibility index (Phi) is 3.37. The summed E-state index contributed by atoms with van der Waals surface area (Å²) in [6, 6.07) is 0.338. The van der Waals surface area contributed by atoms with Crippen molar-refractivity contribution in [1.82, 2.24) is 19.5 Å². The van der Waals surface area contributed by atoms with Crippen LogP contribution in [0.25, 0.3) is 11.2 Å². The van der Waals surface area contributed by atoms with Gasteiger partial charge in [0.1, 0.15) is 6.10 Å². The van der Waals surface area contributed by atoms with E-state index in [1.54, 1.807) is 6.33 Å². The SMILES string of the molecule is Nc1nc(OC2CCCC2)nc2c1ncn2[C@@H]1CCC[C@H]1O. The van der Waals surface area contributed by atoms with Crippen LogP contribution in [0.3, 0.4) is 0 Å². The van der Waals surface area contributed by atoms with Crippen LogP contribution in [-0.2, 0) is 0 Å². The molecule has 0 bridgehead atoms. The number of imidazole rings is 1. The maximum absolute atomic E-state index is 10.1. The second-order valence-corrected chi connectivity index (χ2v) is 6.31. The van der Waals surface area contributed by atoms with Crippen molar-refractivity contribution < 1.29 is 9.84 Å². The first-order valence-electron chi connectivity index (χ1n) is 8.07. The highest BCUT2D eigenvalue weighted by atomic mass is 16.5. The third kappa shape index (κ3) is 2.29. The van der Waals surface area contributed by atoms with Gasteiger partial charge < -0.3 is 20.1 Å². The van der Waals surface area contributed by atoms with Gasteiger partial charge in [0.05, 0.1) is 18.5 Å². The molecule has 0 amide bonds. The second kappa shape index (κ2) is 5.39. The number of aliphatic hydroxyl groups excluding tert-OH is 1. The number of nitrogens with two attached hydrogens (primary N) is 1. The first kappa shape index (κ1) is 13.8. The predicted octanol–water partition coefficient (Wildman–Crippen LogP) is 1.82. The molecule has 2 aromatic heterocycles. The number of nitrogens with zero attached hydrogens (tertiary/aromatic N) is 4. The molecule has 0 unspecified atom stereocenters. The Bertz CT molecular complexity index is 680. The van der Waals surface area contributed by atoms with Crippen LogP contribution in [0.5, 0.6) is 6.01 Å². The Morgan fingerprint density at radius 3 is 2.68 bits per heavy atom. The maximum atomic E-state index is 10.1. The fraction of sp³-hybridized carbons (Fsp3) is 0.667. The number of hydrogen-bond acceptors (Lipinski definition) is 6. The third-order valence-corrected chi connectivity index (χ3v) is 4.80. The van der Waals surface area contributed by atoms with Crippen molar-refractivity contribution in [3.63, 3.8) is 0 Å². The molecule has 118 valence electrons. The zero-order chi connectivity index (χ0) is 15.1. The average molecular weight is 303 g/mol. The Hall–Kier alpha value is -1.89. The van der Waals surface area contributed by atoms with Gasteiger partial charge in [-0.05, 0) is 44.9 Å². The number of hydrogen-bond donors (Lipinski definition) is 2. The quantitative estimate of drug-likeness (QED) is 0.897. The fourth-order valence-corrected chi connectivity index (χ4v) is 3.61. The number of fused-ring (bicyclic) bond motifs is 1. The highest BCUT2D eigenvalue weighted by molar-refractivity contribution is 5.82. The molecule has 22 heavy (non-hydrogen) atoms. The van der Waals surface area contributed by atoms with Gasteiger partial charge in [0.15, 0.2) is 17.0 Å². The summed E-state index contributed by atoms with van der Waals surface area (Å²) in [5.74, 6) is 0.337. The molecule has 2 aliphatic rings. The van der Waals surface area contributed by atoms with Crippen LogP contribution in [0, 0.1) is 0 Å². The largest absolute Gasteiger partial charge is 0.460 e. The van der Waals surface area contributed by atoms with Crippen molar-refractivity contribution in [1.29, 1.82) is 0 Å². The highest BCUT2D eigenvalue weighted by Gasteiger charge is 2.29. The van der Waals surface area contributed by atoms with Crippen molar-refractivity contribution in [2.24, 2.45) is 0 Å². The number of anilines is 1. The van der Waals surface area contributed by atoms with E-state index in [0.29, 0.717) is 23.0 Å². The smallest absolute Gasteiger partial charge is 0.320 e. The number of aromatic nitrogens is 4. The summed E-state index contributed by atoms with van der Waals surface area (Å²) in [5.41, 5.74) is 7.25. The summed E-state index contributed by atoms with van der Waals surface area (Å²) in [5, 5.41) is 10.1. The van der Waals surface area contributed by atoms with Gasteiger partial charge in [-0.2, -0.15) is 9.97 Å². The molecule has 2 aromatic rings. The van der Waals surface area contributed by atoms with Crippen LogP contribution in [0.2, 0.25) is 0 Å². The van der Waals surface area contributed by atoms with E-state index >= 15 is 0 Å². The van der Waals surface area contributed by atoms with Crippen molar-refractivity contribution in [2.75, 3.05) is 5.73 Å². The van der Waals surface area contributed by atoms with Crippen LogP contribution in [0.1, 0.15) is 51.0 Å². The van der Waals surface area contributed by atoms with Gasteiger partial charge in [0, 0.05) is 0 Å². The number of nitrogen functional groups attached to an aromatic ring is 1. The Morgan fingerprint density at radius 2 is 1.95 bits per heavy atom. The van der Waals surface area contributed by atoms with Crippen molar-refractivity contribution in [2.45, 2.75) is 63.2 Å². The molecule has 4 rings (SSSR count). The lowest BCUT2D eigenvalue weighted by Crippen LogP contribution is -2.18. The normalized spacial score (nSPS) is 26.0. The molecule has 2 fully saturated rings. The fourth-order valence-electron chi connectivity index (χ4n) is 3.61. The van der Waals surface area contributed by atoms with E-state index in [-0.39, 0.29) is 18.2 Å². The van der Waals surface area contributed by atoms with E-state index in [1.807, 2.05) is 4.57 Å². The minimum atomic E-state index is -0.354. The third-order valence-electron chi connectivity index (χ3n) is 4.80. The molecular formula is C15H21N5O2. The first-order valence-corrected chi connectivity index (χ1v) is 8.07. The molecule has 0 radical (unpaired) electrons. The lowest BCUT2D eigenvalue weighted by atomic mass is 10.2. The minimum Gasteiger partial charge on any atom is -0.460 e. The Morgan fingerprint density at radius 1 is 1.14 bits per heavy atom. The molecule has 2 saturated carbocycles. The molecular weight excluding hydrogens is 282 g/mol. The van der Waals surface area contributed by atoms with Gasteiger partial charge in [0.2, 0.25) is 0 Å². The molecule has 2 heterocycles. The monoisotopic (exact) mass is 303 g/mol. The zero-order valence-electron chi connectivity index (χ0n) is 12.5. The Labute approximate surface area is 128 Å². The van der Waals surface area contributed by atoms with Crippen LogP contribution >= 0.6 is 0 Å². The lowest BCUT2D eigenvalue weighted by Gasteiger charge is -2.17. The average Bonchev–Trinajstić information content (AvgIpc) is 3.19. The van der Waals surface area contributed by atoms with Gasteiger partial charge in [0.25, 0.3) is 0 Å². The van der Waals surface area contributed by atoms with E-state index in [9.17, 15) is 5.11 Å². The van der Waals surface area contributed by atoms with E-state index in [0.717, 1.165) is 32.1 Å². The van der Waals surface area contributed by atoms with Crippen molar-refractivity contribution >= 4 is 17.0 Å². The van der Waals surface area contributed by atoms with Crippen molar-refractivity contribution in [3.05, 3.63) is 6.33 Å². The Balaban J connectivity index is 1.71. The maximum Gasteiger partial charge on any atom is 0.320 e. The topological polar surface area (TPSA) is 99.1 Å². The summed E-state index contributed by atoms with van der Waals surface area (Å²) >= 11 is 0. The zero-order valence-corrected chi connectivity index (χ0v) is 12.5. The molecule has 7 heteroatoms. The van der Waals surface area contributed by atoms with Gasteiger partial charge in [-0.1, -0.05) is 0 Å². The highest BCUT2D eigenvalue weighted by Crippen LogP contribution is 2.33. The first-order chi connectivity index (χ1) is 10.7. The molecule has 7 nitrogen and oxygen atoms in total. The van der Waals surface area contributed by atoms with E-state index in [4.69, 9.17) is 10.5 Å². The van der Waals surface area contributed by atoms with E-state index in [2.05, 4.69) is 15.0 Å². The van der Waals surface area contributed by atoms with Crippen LogP contribution in [0.15, 0.2) is 6.33 Å². The summed E-state index contributed by atoms with van der Waals surface area (Å²) in [6.45, 7) is 0. The molecule has 2 aliphatic carbocycles. The summed E-state index contributed by atoms with van der Waals surface area (Å²) in [4.78, 5) is 13.1. The molecule has 0 saturated heterocycles. The van der Waals surface area contributed by atoms with Gasteiger partial charge in [-0.25, -0.2) is 4.98 Å². The summed E-state index contributed by atoms with van der Waals surface area (Å²) < 4.78 is 7.80. The lowest BCUT2D eigenvalue weighted by molar-refractivity contribution is 0.137. The number of aliphatic hydroxyl groups is 1. The van der Waals surface area contributed by atoms with Gasteiger partial charge >= 0.3 is 6.01 Å². The predicted molar refractivity (Wildman–Crippen MR) is 81.5 cm³/mol. The molecule has 0 aliphatic heterocycles. The number of rotatable bonds is 3. The molecule has 3 N–H and O–H groups in total. The summed E-state index contributed by atoms with van der Waals surface area (Å²) in [6.07, 6.45) is 8.75. The van der Waals surface area contributed by atoms with E-state index in [1.165, 1.54) is 12.8 Å². The van der Waals surface area contributed by atoms with Crippen LogP contribution < -0.4 is 10.5 Å². The second-order valence-electron chi connectivity index (χ2n) is 6.31. The van der Waals surface area contributed by atoms with E-state index < -0.39 is 0 Å². The minimum absolute atomic E-state index is 0.0126. The van der Waals surface area contributed by atoms with Crippen molar-refractivity contribution in [3.8, 4) is 6.01 Å². The molecule has 0 aromatic carbocycles. The molecule has 0 spiro atoms. The standard InChI is InChI=1S/C15H21N5O2/c16-13-12-14(19-15(18-13)22-9-4-1-2-5-9)20(8-17-12)10-6-3-7-11(10)21/h8-11,21H,1-7H2,(H2,16,18,19)/t10-,11-/m1/s1.